The summed E-state index contributed by atoms with van der Waals surface area (Å²) >= 11 is 7.41. The SMILES string of the molecule is Cc1nnc(Sc2ccc(Cl)cc2-n2c(N)c3c(cc2=O)C(=O)NC3=O)n1C. The molecule has 0 spiro atoms. The van der Waals surface area contributed by atoms with Crippen LogP contribution in [0.2, 0.25) is 5.02 Å². The van der Waals surface area contributed by atoms with Crippen molar-refractivity contribution in [3.05, 3.63) is 56.6 Å². The van der Waals surface area contributed by atoms with Gasteiger partial charge in [-0.3, -0.25) is 24.3 Å². The molecule has 0 bridgehead atoms. The van der Waals surface area contributed by atoms with E-state index in [2.05, 4.69) is 15.5 Å². The zero-order valence-electron chi connectivity index (χ0n) is 14.7. The number of carbonyl (C=O) groups is 2. The maximum Gasteiger partial charge on any atom is 0.262 e. The Bertz CT molecular complexity index is 1230. The molecule has 9 nitrogen and oxygen atoms in total. The number of anilines is 1. The highest BCUT2D eigenvalue weighted by Crippen LogP contribution is 2.34. The van der Waals surface area contributed by atoms with Crippen molar-refractivity contribution in [3.8, 4) is 5.69 Å². The fourth-order valence-electron chi connectivity index (χ4n) is 2.85. The molecular weight excluding hydrogens is 404 g/mol. The van der Waals surface area contributed by atoms with E-state index in [0.717, 1.165) is 16.5 Å². The lowest BCUT2D eigenvalue weighted by atomic mass is 10.1. The van der Waals surface area contributed by atoms with Crippen molar-refractivity contribution in [1.29, 1.82) is 0 Å². The standard InChI is InChI=1S/C17H13ClN6O3S/c1-7-21-22-17(23(7)2)28-11-4-3-8(18)5-10(11)24-12(25)6-9-13(14(24)19)16(27)20-15(9)26/h3-6H,19H2,1-2H3,(H,20,26,27). The first kappa shape index (κ1) is 18.3. The summed E-state index contributed by atoms with van der Waals surface area (Å²) in [5, 5.41) is 11.2. The molecule has 3 N–H and O–H groups in total. The predicted molar refractivity (Wildman–Crippen MR) is 103 cm³/mol. The number of aromatic nitrogens is 4. The van der Waals surface area contributed by atoms with Crippen molar-refractivity contribution in [2.45, 2.75) is 17.0 Å². The molecule has 4 rings (SSSR count). The summed E-state index contributed by atoms with van der Waals surface area (Å²) in [7, 11) is 1.82. The Labute approximate surface area is 167 Å². The molecule has 2 amide bonds. The van der Waals surface area contributed by atoms with Gasteiger partial charge >= 0.3 is 0 Å². The van der Waals surface area contributed by atoms with E-state index in [-0.39, 0.29) is 16.9 Å². The van der Waals surface area contributed by atoms with E-state index in [1.807, 2.05) is 14.0 Å². The maximum absolute atomic E-state index is 12.7. The number of rotatable bonds is 3. The number of halogens is 1. The fraction of sp³-hybridized carbons (Fsp3) is 0.118. The molecule has 28 heavy (non-hydrogen) atoms. The van der Waals surface area contributed by atoms with Crippen molar-refractivity contribution >= 4 is 41.0 Å². The van der Waals surface area contributed by atoms with E-state index < -0.39 is 17.4 Å². The van der Waals surface area contributed by atoms with Gasteiger partial charge in [0.1, 0.15) is 11.6 Å². The average molecular weight is 417 g/mol. The normalized spacial score (nSPS) is 13.0. The van der Waals surface area contributed by atoms with Gasteiger partial charge in [0.25, 0.3) is 17.4 Å². The second-order valence-electron chi connectivity index (χ2n) is 6.08. The van der Waals surface area contributed by atoms with Gasteiger partial charge in [-0.2, -0.15) is 0 Å². The lowest BCUT2D eigenvalue weighted by molar-refractivity contribution is 0.0880. The van der Waals surface area contributed by atoms with Crippen LogP contribution in [0.4, 0.5) is 5.82 Å². The minimum Gasteiger partial charge on any atom is -0.384 e. The van der Waals surface area contributed by atoms with Crippen molar-refractivity contribution in [1.82, 2.24) is 24.6 Å². The largest absolute Gasteiger partial charge is 0.384 e. The van der Waals surface area contributed by atoms with E-state index in [1.54, 1.807) is 22.8 Å². The molecule has 1 aromatic carbocycles. The van der Waals surface area contributed by atoms with Gasteiger partial charge in [-0.05, 0) is 36.9 Å². The first-order valence-electron chi connectivity index (χ1n) is 8.03. The summed E-state index contributed by atoms with van der Waals surface area (Å²) in [6, 6.07) is 6.04. The van der Waals surface area contributed by atoms with Crippen LogP contribution in [0, 0.1) is 6.92 Å². The summed E-state index contributed by atoms with van der Waals surface area (Å²) in [6.07, 6.45) is 0. The van der Waals surface area contributed by atoms with Crippen LogP contribution in [0.1, 0.15) is 26.5 Å². The molecule has 3 heterocycles. The molecule has 2 aromatic heterocycles. The predicted octanol–water partition coefficient (Wildman–Crippen LogP) is 1.54. The van der Waals surface area contributed by atoms with Crippen molar-refractivity contribution in [2.75, 3.05) is 5.73 Å². The number of nitrogens with one attached hydrogen (secondary N) is 1. The monoisotopic (exact) mass is 416 g/mol. The third-order valence-electron chi connectivity index (χ3n) is 4.37. The van der Waals surface area contributed by atoms with Crippen LogP contribution >= 0.6 is 23.4 Å². The molecule has 1 aliphatic rings. The van der Waals surface area contributed by atoms with Gasteiger partial charge in [0, 0.05) is 23.0 Å². The minimum atomic E-state index is -0.647. The van der Waals surface area contributed by atoms with E-state index in [1.165, 1.54) is 11.8 Å². The third-order valence-corrected chi connectivity index (χ3v) is 5.71. The molecule has 3 aromatic rings. The van der Waals surface area contributed by atoms with E-state index >= 15 is 0 Å². The van der Waals surface area contributed by atoms with Gasteiger partial charge < -0.3 is 10.3 Å². The Hall–Kier alpha value is -3.11. The summed E-state index contributed by atoms with van der Waals surface area (Å²) in [6.45, 7) is 1.82. The van der Waals surface area contributed by atoms with Gasteiger partial charge in [-0.1, -0.05) is 11.6 Å². The zero-order valence-corrected chi connectivity index (χ0v) is 16.3. The smallest absolute Gasteiger partial charge is 0.262 e. The van der Waals surface area contributed by atoms with Crippen LogP contribution in [0.5, 0.6) is 0 Å². The van der Waals surface area contributed by atoms with Crippen LogP contribution in [0.25, 0.3) is 5.69 Å². The van der Waals surface area contributed by atoms with Crippen molar-refractivity contribution in [3.63, 3.8) is 0 Å². The molecule has 0 fully saturated rings. The molecular formula is C17H13ClN6O3S. The quantitative estimate of drug-likeness (QED) is 0.620. The van der Waals surface area contributed by atoms with Crippen molar-refractivity contribution in [2.24, 2.45) is 7.05 Å². The molecule has 1 aliphatic heterocycles. The number of imide groups is 1. The molecule has 0 saturated carbocycles. The van der Waals surface area contributed by atoms with Crippen LogP contribution in [0.3, 0.4) is 0 Å². The Kier molecular flexibility index (Phi) is 4.24. The minimum absolute atomic E-state index is 0.0324. The topological polar surface area (TPSA) is 125 Å². The fourth-order valence-corrected chi connectivity index (χ4v) is 3.96. The molecule has 0 aliphatic carbocycles. The lowest BCUT2D eigenvalue weighted by Gasteiger charge is -2.15. The summed E-state index contributed by atoms with van der Waals surface area (Å²) < 4.78 is 2.96. The first-order chi connectivity index (χ1) is 13.3. The van der Waals surface area contributed by atoms with Gasteiger partial charge in [0.15, 0.2) is 5.16 Å². The van der Waals surface area contributed by atoms with E-state index in [4.69, 9.17) is 17.3 Å². The van der Waals surface area contributed by atoms with Crippen LogP contribution in [-0.2, 0) is 7.05 Å². The second kappa shape index (κ2) is 6.50. The number of hydrogen-bond acceptors (Lipinski definition) is 7. The first-order valence-corrected chi connectivity index (χ1v) is 9.22. The number of nitrogens with zero attached hydrogens (tertiary/aromatic N) is 4. The number of pyridine rings is 1. The number of fused-ring (bicyclic) bond motifs is 1. The molecule has 0 saturated heterocycles. The lowest BCUT2D eigenvalue weighted by Crippen LogP contribution is -2.24. The van der Waals surface area contributed by atoms with Gasteiger partial charge in [0.2, 0.25) is 0 Å². The Morgan fingerprint density at radius 1 is 1.14 bits per heavy atom. The number of aryl methyl sites for hydroxylation is 1. The number of nitrogen functional groups attached to an aromatic ring is 1. The second-order valence-corrected chi connectivity index (χ2v) is 7.52. The number of carbonyl (C=O) groups excluding carboxylic acids is 2. The van der Waals surface area contributed by atoms with Crippen LogP contribution < -0.4 is 16.6 Å². The Morgan fingerprint density at radius 2 is 1.89 bits per heavy atom. The highest BCUT2D eigenvalue weighted by molar-refractivity contribution is 7.99. The van der Waals surface area contributed by atoms with Crippen molar-refractivity contribution < 1.29 is 9.59 Å². The average Bonchev–Trinajstić information content (AvgIpc) is 3.10. The van der Waals surface area contributed by atoms with Crippen LogP contribution in [-0.4, -0.2) is 31.1 Å². The van der Waals surface area contributed by atoms with Gasteiger partial charge in [-0.15, -0.1) is 10.2 Å². The van der Waals surface area contributed by atoms with E-state index in [0.29, 0.717) is 20.8 Å². The van der Waals surface area contributed by atoms with Crippen LogP contribution in [0.15, 0.2) is 39.1 Å². The number of hydrogen-bond donors (Lipinski definition) is 2. The molecule has 142 valence electrons. The highest BCUT2D eigenvalue weighted by Gasteiger charge is 2.32. The summed E-state index contributed by atoms with van der Waals surface area (Å²) in [5.41, 5.74) is 5.88. The van der Waals surface area contributed by atoms with E-state index in [9.17, 15) is 14.4 Å². The highest BCUT2D eigenvalue weighted by atomic mass is 35.5. The third kappa shape index (κ3) is 2.77. The van der Waals surface area contributed by atoms with Gasteiger partial charge in [-0.25, -0.2) is 0 Å². The number of amides is 2. The number of benzene rings is 1. The summed E-state index contributed by atoms with van der Waals surface area (Å²) in [4.78, 5) is 37.3. The molecule has 0 radical (unpaired) electrons. The maximum atomic E-state index is 12.7. The summed E-state index contributed by atoms with van der Waals surface area (Å²) in [5.74, 6) is -0.705. The number of nitrogens with two attached hydrogens (primary N) is 1. The Morgan fingerprint density at radius 3 is 2.57 bits per heavy atom. The van der Waals surface area contributed by atoms with Gasteiger partial charge in [0.05, 0.1) is 16.8 Å². The molecule has 11 heteroatoms. The zero-order chi connectivity index (χ0) is 20.2. The Balaban J connectivity index is 1.93. The molecule has 0 unspecified atom stereocenters. The molecule has 0 atom stereocenters.